The number of thiazole rings is 1. The molecule has 1 amide bonds. The van der Waals surface area contributed by atoms with Crippen LogP contribution < -0.4 is 10.6 Å². The maximum Gasteiger partial charge on any atom is 0.239 e. The summed E-state index contributed by atoms with van der Waals surface area (Å²) in [7, 11) is 0. The number of nitrogens with two attached hydrogens (primary N) is 1. The van der Waals surface area contributed by atoms with E-state index in [2.05, 4.69) is 21.7 Å². The van der Waals surface area contributed by atoms with Crippen LogP contribution in [-0.2, 0) is 4.79 Å². The van der Waals surface area contributed by atoms with Crippen molar-refractivity contribution in [1.29, 1.82) is 0 Å². The Bertz CT molecular complexity index is 718. The molecule has 128 valence electrons. The van der Waals surface area contributed by atoms with E-state index in [1.54, 1.807) is 23.5 Å². The Kier molecular flexibility index (Phi) is 4.82. The van der Waals surface area contributed by atoms with E-state index in [1.807, 2.05) is 12.3 Å². The summed E-state index contributed by atoms with van der Waals surface area (Å²) in [6, 6.07) is 5.67. The van der Waals surface area contributed by atoms with E-state index >= 15 is 0 Å². The maximum atomic E-state index is 13.2. The molecule has 2 heterocycles. The van der Waals surface area contributed by atoms with Crippen LogP contribution in [0.1, 0.15) is 24.2 Å². The van der Waals surface area contributed by atoms with E-state index in [-0.39, 0.29) is 11.9 Å². The summed E-state index contributed by atoms with van der Waals surface area (Å²) in [6.45, 7) is 6.28. The van der Waals surface area contributed by atoms with Crippen molar-refractivity contribution in [1.82, 2.24) is 9.88 Å². The highest BCUT2D eigenvalue weighted by Crippen LogP contribution is 2.28. The van der Waals surface area contributed by atoms with Gasteiger partial charge in [-0.05, 0) is 31.5 Å². The molecule has 3 rings (SSSR count). The van der Waals surface area contributed by atoms with Crippen LogP contribution in [0.3, 0.4) is 0 Å². The molecule has 1 saturated heterocycles. The fourth-order valence-corrected chi connectivity index (χ4v) is 4.11. The van der Waals surface area contributed by atoms with Gasteiger partial charge in [-0.1, -0.05) is 12.1 Å². The Balaban J connectivity index is 1.77. The van der Waals surface area contributed by atoms with Crippen molar-refractivity contribution in [3.05, 3.63) is 46.7 Å². The Morgan fingerprint density at radius 2 is 2.08 bits per heavy atom. The molecule has 7 heteroatoms. The zero-order chi connectivity index (χ0) is 17.3. The average molecular weight is 348 g/mol. The van der Waals surface area contributed by atoms with Gasteiger partial charge in [-0.25, -0.2) is 9.37 Å². The zero-order valence-corrected chi connectivity index (χ0v) is 14.6. The first kappa shape index (κ1) is 16.9. The van der Waals surface area contributed by atoms with Crippen molar-refractivity contribution >= 4 is 22.4 Å². The zero-order valence-electron chi connectivity index (χ0n) is 13.8. The van der Waals surface area contributed by atoms with E-state index in [0.29, 0.717) is 13.1 Å². The number of piperazine rings is 1. The van der Waals surface area contributed by atoms with Crippen molar-refractivity contribution < 1.29 is 9.18 Å². The number of aromatic nitrogens is 1. The number of hydrogen-bond acceptors (Lipinski definition) is 5. The third-order valence-electron chi connectivity index (χ3n) is 4.33. The molecule has 0 saturated carbocycles. The SMILES string of the molecule is Cc1csc(N2CCN([C@@H](C(N)=O)c3ccc(F)cc3)C[C@H]2C)n1. The number of carbonyl (C=O) groups is 1. The number of carbonyl (C=O) groups excluding carboxylic acids is 1. The van der Waals surface area contributed by atoms with Crippen molar-refractivity contribution in [2.75, 3.05) is 24.5 Å². The molecule has 0 unspecified atom stereocenters. The van der Waals surface area contributed by atoms with E-state index in [4.69, 9.17) is 5.73 Å². The molecular weight excluding hydrogens is 327 g/mol. The maximum absolute atomic E-state index is 13.2. The second kappa shape index (κ2) is 6.86. The van der Waals surface area contributed by atoms with Crippen LogP contribution >= 0.6 is 11.3 Å². The summed E-state index contributed by atoms with van der Waals surface area (Å²) >= 11 is 1.64. The van der Waals surface area contributed by atoms with Gasteiger partial charge in [0.25, 0.3) is 0 Å². The third-order valence-corrected chi connectivity index (χ3v) is 5.33. The minimum Gasteiger partial charge on any atom is -0.368 e. The fraction of sp³-hybridized carbons (Fsp3) is 0.412. The normalized spacial score (nSPS) is 20.1. The average Bonchev–Trinajstić information content (AvgIpc) is 2.95. The largest absolute Gasteiger partial charge is 0.368 e. The smallest absolute Gasteiger partial charge is 0.239 e. The lowest BCUT2D eigenvalue weighted by atomic mass is 10.0. The van der Waals surface area contributed by atoms with Crippen LogP contribution in [0.5, 0.6) is 0 Å². The summed E-state index contributed by atoms with van der Waals surface area (Å²) in [5.74, 6) is -0.730. The van der Waals surface area contributed by atoms with Crippen molar-refractivity contribution in [2.24, 2.45) is 5.73 Å². The lowest BCUT2D eigenvalue weighted by Gasteiger charge is -2.42. The molecule has 0 radical (unpaired) electrons. The second-order valence-electron chi connectivity index (χ2n) is 6.17. The molecule has 2 atom stereocenters. The summed E-state index contributed by atoms with van der Waals surface area (Å²) in [6.07, 6.45) is 0. The highest BCUT2D eigenvalue weighted by Gasteiger charge is 2.33. The number of anilines is 1. The van der Waals surface area contributed by atoms with E-state index in [9.17, 15) is 9.18 Å². The van der Waals surface area contributed by atoms with Gasteiger partial charge in [0.2, 0.25) is 5.91 Å². The summed E-state index contributed by atoms with van der Waals surface area (Å²) in [5.41, 5.74) is 7.38. The van der Waals surface area contributed by atoms with Crippen molar-refractivity contribution in [2.45, 2.75) is 25.9 Å². The highest BCUT2D eigenvalue weighted by atomic mass is 32.1. The van der Waals surface area contributed by atoms with Crippen LogP contribution in [0.15, 0.2) is 29.6 Å². The van der Waals surface area contributed by atoms with Crippen molar-refractivity contribution in [3.8, 4) is 0 Å². The molecule has 24 heavy (non-hydrogen) atoms. The van der Waals surface area contributed by atoms with Crippen LogP contribution in [0.2, 0.25) is 0 Å². The van der Waals surface area contributed by atoms with Crippen LogP contribution in [-0.4, -0.2) is 41.5 Å². The lowest BCUT2D eigenvalue weighted by Crippen LogP contribution is -2.54. The molecular formula is C17H21FN4OS. The number of benzene rings is 1. The summed E-state index contributed by atoms with van der Waals surface area (Å²) in [5, 5.41) is 3.05. The lowest BCUT2D eigenvalue weighted by molar-refractivity contribution is -0.123. The van der Waals surface area contributed by atoms with Gasteiger partial charge in [0.1, 0.15) is 11.9 Å². The monoisotopic (exact) mass is 348 g/mol. The van der Waals surface area contributed by atoms with Gasteiger partial charge in [-0.2, -0.15) is 0 Å². The standard InChI is InChI=1S/C17H21FN4OS/c1-11-10-24-17(20-11)22-8-7-21(9-12(22)2)15(16(19)23)13-3-5-14(18)6-4-13/h3-6,10,12,15H,7-9H2,1-2H3,(H2,19,23)/t12-,15-/m1/s1. The van der Waals surface area contributed by atoms with Crippen LogP contribution in [0.25, 0.3) is 0 Å². The first-order valence-electron chi connectivity index (χ1n) is 7.93. The minimum atomic E-state index is -0.534. The molecule has 1 aromatic carbocycles. The number of halogens is 1. The summed E-state index contributed by atoms with van der Waals surface area (Å²) < 4.78 is 13.2. The molecule has 1 aliphatic heterocycles. The molecule has 1 fully saturated rings. The minimum absolute atomic E-state index is 0.214. The predicted molar refractivity (Wildman–Crippen MR) is 93.6 cm³/mol. The second-order valence-corrected chi connectivity index (χ2v) is 7.00. The van der Waals surface area contributed by atoms with Crippen molar-refractivity contribution in [3.63, 3.8) is 0 Å². The van der Waals surface area contributed by atoms with E-state index in [0.717, 1.165) is 22.9 Å². The molecule has 2 N–H and O–H groups in total. The van der Waals surface area contributed by atoms with E-state index < -0.39 is 11.9 Å². The van der Waals surface area contributed by atoms with Gasteiger partial charge < -0.3 is 10.6 Å². The molecule has 0 spiro atoms. The van der Waals surface area contributed by atoms with Gasteiger partial charge in [0.05, 0.1) is 5.69 Å². The number of primary amides is 1. The Labute approximate surface area is 144 Å². The van der Waals surface area contributed by atoms with Gasteiger partial charge in [0.15, 0.2) is 5.13 Å². The van der Waals surface area contributed by atoms with Gasteiger partial charge in [-0.15, -0.1) is 11.3 Å². The number of hydrogen-bond donors (Lipinski definition) is 1. The van der Waals surface area contributed by atoms with Gasteiger partial charge >= 0.3 is 0 Å². The van der Waals surface area contributed by atoms with Gasteiger partial charge in [0, 0.05) is 31.1 Å². The van der Waals surface area contributed by atoms with Gasteiger partial charge in [-0.3, -0.25) is 9.69 Å². The molecule has 2 aromatic rings. The fourth-order valence-electron chi connectivity index (χ4n) is 3.18. The van der Waals surface area contributed by atoms with Crippen LogP contribution in [0, 0.1) is 12.7 Å². The number of aryl methyl sites for hydroxylation is 1. The first-order chi connectivity index (χ1) is 11.5. The number of nitrogens with zero attached hydrogens (tertiary/aromatic N) is 3. The molecule has 5 nitrogen and oxygen atoms in total. The van der Waals surface area contributed by atoms with Crippen LogP contribution in [0.4, 0.5) is 9.52 Å². The molecule has 0 aliphatic carbocycles. The quantitative estimate of drug-likeness (QED) is 0.921. The number of amides is 1. The van der Waals surface area contributed by atoms with E-state index in [1.165, 1.54) is 12.1 Å². The molecule has 1 aliphatic rings. The highest BCUT2D eigenvalue weighted by molar-refractivity contribution is 7.13. The third kappa shape index (κ3) is 3.42. The number of rotatable bonds is 4. The molecule has 0 bridgehead atoms. The summed E-state index contributed by atoms with van der Waals surface area (Å²) in [4.78, 5) is 20.9. The Hall–Kier alpha value is -1.99. The topological polar surface area (TPSA) is 62.5 Å². The Morgan fingerprint density at radius 3 is 2.62 bits per heavy atom. The first-order valence-corrected chi connectivity index (χ1v) is 8.81. The Morgan fingerprint density at radius 1 is 1.38 bits per heavy atom. The predicted octanol–water partition coefficient (Wildman–Crippen LogP) is 2.33. The molecule has 1 aromatic heterocycles.